The molecule has 0 fully saturated rings. The highest BCUT2D eigenvalue weighted by Crippen LogP contribution is 2.10. The predicted molar refractivity (Wildman–Crippen MR) is 57.9 cm³/mol. The molecule has 0 saturated heterocycles. The largest absolute Gasteiger partial charge is 0.333 e. The van der Waals surface area contributed by atoms with Crippen LogP contribution in [-0.4, -0.2) is 22.8 Å². The van der Waals surface area contributed by atoms with Crippen LogP contribution in [0.3, 0.4) is 0 Å². The van der Waals surface area contributed by atoms with Crippen molar-refractivity contribution in [3.63, 3.8) is 0 Å². The van der Waals surface area contributed by atoms with Gasteiger partial charge < -0.3 is 5.32 Å². The molecule has 0 unspecified atom stereocenters. The molecule has 1 aromatic heterocycles. The van der Waals surface area contributed by atoms with Gasteiger partial charge in [-0.1, -0.05) is 0 Å². The highest BCUT2D eigenvalue weighted by atomic mass is 35.5. The van der Waals surface area contributed by atoms with E-state index in [1.165, 1.54) is 11.3 Å². The molecule has 0 bridgehead atoms. The monoisotopic (exact) mass is 247 g/mol. The first-order chi connectivity index (χ1) is 7.11. The molecule has 0 aromatic carbocycles. The van der Waals surface area contributed by atoms with Gasteiger partial charge in [-0.05, 0) is 6.92 Å². The molecule has 0 aliphatic carbocycles. The van der Waals surface area contributed by atoms with E-state index in [1.807, 2.05) is 6.92 Å². The molecule has 0 radical (unpaired) electrons. The number of imide groups is 1. The maximum Gasteiger partial charge on any atom is 0.321 e. The molecule has 2 N–H and O–H groups in total. The van der Waals surface area contributed by atoms with Crippen molar-refractivity contribution in [2.75, 3.05) is 5.88 Å². The fraction of sp³-hybridized carbons (Fsp3) is 0.375. The second-order valence-electron chi connectivity index (χ2n) is 2.71. The fourth-order valence-corrected chi connectivity index (χ4v) is 1.66. The fourth-order valence-electron chi connectivity index (χ4n) is 0.859. The van der Waals surface area contributed by atoms with Gasteiger partial charge in [0.15, 0.2) is 0 Å². The van der Waals surface area contributed by atoms with Crippen LogP contribution >= 0.6 is 22.9 Å². The van der Waals surface area contributed by atoms with Gasteiger partial charge in [0.1, 0.15) is 5.88 Å². The zero-order chi connectivity index (χ0) is 11.3. The SMILES string of the molecule is Cc1ncc(CNC(=O)NC(=O)CCl)s1. The first-order valence-corrected chi connectivity index (χ1v) is 5.52. The third-order valence-electron chi connectivity index (χ3n) is 1.47. The number of carbonyl (C=O) groups is 2. The zero-order valence-electron chi connectivity index (χ0n) is 8.04. The number of aryl methyl sites for hydroxylation is 1. The Bertz CT molecular complexity index is 367. The Hall–Kier alpha value is -1.14. The summed E-state index contributed by atoms with van der Waals surface area (Å²) in [4.78, 5) is 26.8. The van der Waals surface area contributed by atoms with E-state index >= 15 is 0 Å². The average Bonchev–Trinajstić information content (AvgIpc) is 2.61. The summed E-state index contributed by atoms with van der Waals surface area (Å²) in [5.41, 5.74) is 0. The van der Waals surface area contributed by atoms with Crippen LogP contribution in [0.1, 0.15) is 9.88 Å². The smallest absolute Gasteiger partial charge is 0.321 e. The Kier molecular flexibility index (Phi) is 4.51. The van der Waals surface area contributed by atoms with Gasteiger partial charge in [0.05, 0.1) is 11.6 Å². The summed E-state index contributed by atoms with van der Waals surface area (Å²) in [5, 5.41) is 5.52. The number of nitrogens with zero attached hydrogens (tertiary/aromatic N) is 1. The van der Waals surface area contributed by atoms with Crippen LogP contribution in [0.25, 0.3) is 0 Å². The molecular weight excluding hydrogens is 238 g/mol. The summed E-state index contributed by atoms with van der Waals surface area (Å²) in [6.07, 6.45) is 1.68. The minimum atomic E-state index is -0.549. The third kappa shape index (κ3) is 4.26. The lowest BCUT2D eigenvalue weighted by Crippen LogP contribution is -2.39. The topological polar surface area (TPSA) is 71.1 Å². The second-order valence-corrected chi connectivity index (χ2v) is 4.30. The molecule has 15 heavy (non-hydrogen) atoms. The molecule has 0 aliphatic heterocycles. The summed E-state index contributed by atoms with van der Waals surface area (Å²) in [5.74, 6) is -0.748. The molecule has 1 heterocycles. The van der Waals surface area contributed by atoms with Gasteiger partial charge in [0.2, 0.25) is 5.91 Å². The predicted octanol–water partition coefficient (Wildman–Crippen LogP) is 1.02. The molecule has 0 spiro atoms. The summed E-state index contributed by atoms with van der Waals surface area (Å²) < 4.78 is 0. The van der Waals surface area contributed by atoms with E-state index in [0.717, 1.165) is 9.88 Å². The number of nitrogens with one attached hydrogen (secondary N) is 2. The minimum absolute atomic E-state index is 0.229. The molecule has 82 valence electrons. The lowest BCUT2D eigenvalue weighted by Gasteiger charge is -2.02. The van der Waals surface area contributed by atoms with Crippen LogP contribution in [-0.2, 0) is 11.3 Å². The Morgan fingerprint density at radius 2 is 2.33 bits per heavy atom. The second kappa shape index (κ2) is 5.67. The van der Waals surface area contributed by atoms with E-state index < -0.39 is 11.9 Å². The number of rotatable bonds is 3. The maximum atomic E-state index is 11.1. The summed E-state index contributed by atoms with van der Waals surface area (Å²) in [6, 6.07) is -0.549. The number of hydrogen-bond acceptors (Lipinski definition) is 4. The van der Waals surface area contributed by atoms with Crippen LogP contribution < -0.4 is 10.6 Å². The number of carbonyl (C=O) groups excluding carboxylic acids is 2. The van der Waals surface area contributed by atoms with E-state index in [9.17, 15) is 9.59 Å². The number of aromatic nitrogens is 1. The summed E-state index contributed by atoms with van der Waals surface area (Å²) in [6.45, 7) is 2.23. The Morgan fingerprint density at radius 1 is 1.60 bits per heavy atom. The number of amides is 3. The van der Waals surface area contributed by atoms with Gasteiger partial charge in [-0.15, -0.1) is 22.9 Å². The molecule has 0 atom stereocenters. The van der Waals surface area contributed by atoms with E-state index in [1.54, 1.807) is 6.20 Å². The van der Waals surface area contributed by atoms with Gasteiger partial charge in [-0.3, -0.25) is 10.1 Å². The van der Waals surface area contributed by atoms with Crippen LogP contribution in [0.2, 0.25) is 0 Å². The Morgan fingerprint density at radius 3 is 2.87 bits per heavy atom. The Labute approximate surface area is 95.8 Å². The molecule has 1 aromatic rings. The van der Waals surface area contributed by atoms with E-state index in [-0.39, 0.29) is 5.88 Å². The molecule has 0 saturated carbocycles. The van der Waals surface area contributed by atoms with Crippen LogP contribution in [0.15, 0.2) is 6.20 Å². The van der Waals surface area contributed by atoms with Crippen molar-refractivity contribution in [1.29, 1.82) is 0 Å². The van der Waals surface area contributed by atoms with E-state index in [0.29, 0.717) is 6.54 Å². The van der Waals surface area contributed by atoms with Gasteiger partial charge in [0, 0.05) is 11.1 Å². The van der Waals surface area contributed by atoms with Gasteiger partial charge in [-0.2, -0.15) is 0 Å². The minimum Gasteiger partial charge on any atom is -0.333 e. The van der Waals surface area contributed by atoms with Crippen LogP contribution in [0.4, 0.5) is 4.79 Å². The highest BCUT2D eigenvalue weighted by Gasteiger charge is 2.06. The average molecular weight is 248 g/mol. The first kappa shape index (κ1) is 11.9. The van der Waals surface area contributed by atoms with E-state index in [4.69, 9.17) is 11.6 Å². The normalized spacial score (nSPS) is 9.73. The first-order valence-electron chi connectivity index (χ1n) is 4.16. The standard InChI is InChI=1S/C8H10ClN3O2S/c1-5-10-3-6(15-5)4-11-8(14)12-7(13)2-9/h3H,2,4H2,1H3,(H2,11,12,13,14). The van der Waals surface area contributed by atoms with Crippen molar-refractivity contribution in [2.45, 2.75) is 13.5 Å². The van der Waals surface area contributed by atoms with Crippen LogP contribution in [0, 0.1) is 6.92 Å². The van der Waals surface area contributed by atoms with Crippen LogP contribution in [0.5, 0.6) is 0 Å². The third-order valence-corrected chi connectivity index (χ3v) is 2.62. The molecule has 5 nitrogen and oxygen atoms in total. The van der Waals surface area contributed by atoms with Gasteiger partial charge in [-0.25, -0.2) is 9.78 Å². The molecule has 0 aliphatic rings. The van der Waals surface area contributed by atoms with Gasteiger partial charge in [0.25, 0.3) is 0 Å². The molecular formula is C8H10ClN3O2S. The molecule has 7 heteroatoms. The summed E-state index contributed by atoms with van der Waals surface area (Å²) >= 11 is 6.71. The lowest BCUT2D eigenvalue weighted by molar-refractivity contribution is -0.117. The van der Waals surface area contributed by atoms with Crippen molar-refractivity contribution in [3.8, 4) is 0 Å². The lowest BCUT2D eigenvalue weighted by atomic mass is 10.5. The number of halogens is 1. The number of urea groups is 1. The molecule has 1 rings (SSSR count). The molecule has 3 amide bonds. The van der Waals surface area contributed by atoms with Crippen molar-refractivity contribution in [1.82, 2.24) is 15.6 Å². The maximum absolute atomic E-state index is 11.1. The van der Waals surface area contributed by atoms with Crippen molar-refractivity contribution in [3.05, 3.63) is 16.1 Å². The van der Waals surface area contributed by atoms with Crippen molar-refractivity contribution in [2.24, 2.45) is 0 Å². The summed E-state index contributed by atoms with van der Waals surface area (Å²) in [7, 11) is 0. The number of alkyl halides is 1. The van der Waals surface area contributed by atoms with E-state index in [2.05, 4.69) is 15.6 Å². The van der Waals surface area contributed by atoms with Crippen molar-refractivity contribution >= 4 is 34.9 Å². The van der Waals surface area contributed by atoms with Gasteiger partial charge >= 0.3 is 6.03 Å². The highest BCUT2D eigenvalue weighted by molar-refractivity contribution is 7.11. The zero-order valence-corrected chi connectivity index (χ0v) is 9.61. The quantitative estimate of drug-likeness (QED) is 0.784. The number of thiazole rings is 1. The Balaban J connectivity index is 2.31. The van der Waals surface area contributed by atoms with Crippen molar-refractivity contribution < 1.29 is 9.59 Å². The number of hydrogen-bond donors (Lipinski definition) is 2.